The van der Waals surface area contributed by atoms with Gasteiger partial charge in [0.25, 0.3) is 12.4 Å². The van der Waals surface area contributed by atoms with Gasteiger partial charge >= 0.3 is 0 Å². The Kier molecular flexibility index (Phi) is 7.10. The first-order valence-corrected chi connectivity index (χ1v) is 10.7. The molecule has 2 heterocycles. The maximum atomic E-state index is 13.4. The molecule has 2 amide bonds. The molecule has 0 radical (unpaired) electrons. The maximum absolute atomic E-state index is 13.4. The fraction of sp³-hybridized carbons (Fsp3) is 0.400. The molecule has 164 valence electrons. The standard InChI is InChI=1S/C24H28N2O2.CH2O2/c1-18-24(13-7-15-25(2)23(24)28)14-8-16-26(18)22(27)21-12-6-11-20(17-21)19-9-4-3-5-10-19;2-1-3/h3-6,9-12,17-18H,7-8,13-16H2,1-2H3;1H,(H,2,3)/t18-,24-;/m0./s1. The lowest BCUT2D eigenvalue weighted by Crippen LogP contribution is -2.61. The summed E-state index contributed by atoms with van der Waals surface area (Å²) in [6.07, 6.45) is 3.66. The Morgan fingerprint density at radius 1 is 1.03 bits per heavy atom. The highest BCUT2D eigenvalue weighted by molar-refractivity contribution is 5.96. The average Bonchev–Trinajstić information content (AvgIpc) is 2.80. The van der Waals surface area contributed by atoms with Crippen LogP contribution in [0, 0.1) is 5.41 Å². The van der Waals surface area contributed by atoms with Crippen LogP contribution in [0.15, 0.2) is 54.6 Å². The molecule has 2 aromatic rings. The molecule has 1 spiro atoms. The lowest BCUT2D eigenvalue weighted by atomic mass is 9.68. The first kappa shape index (κ1) is 22.5. The third-order valence-electron chi connectivity index (χ3n) is 6.66. The van der Waals surface area contributed by atoms with E-state index in [1.165, 1.54) is 0 Å². The van der Waals surface area contributed by atoms with Crippen LogP contribution >= 0.6 is 0 Å². The van der Waals surface area contributed by atoms with E-state index in [0.29, 0.717) is 12.1 Å². The average molecular weight is 423 g/mol. The van der Waals surface area contributed by atoms with E-state index in [1.54, 1.807) is 0 Å². The molecule has 6 heteroatoms. The van der Waals surface area contributed by atoms with E-state index in [2.05, 4.69) is 19.1 Å². The van der Waals surface area contributed by atoms with Crippen molar-refractivity contribution in [1.29, 1.82) is 0 Å². The molecule has 0 bridgehead atoms. The van der Waals surface area contributed by atoms with Crippen molar-refractivity contribution in [2.45, 2.75) is 38.6 Å². The van der Waals surface area contributed by atoms with Crippen LogP contribution in [0.4, 0.5) is 0 Å². The largest absolute Gasteiger partial charge is 0.483 e. The lowest BCUT2D eigenvalue weighted by Gasteiger charge is -2.51. The van der Waals surface area contributed by atoms with Crippen molar-refractivity contribution in [1.82, 2.24) is 9.80 Å². The Labute approximate surface area is 183 Å². The molecule has 1 N–H and O–H groups in total. The molecular formula is C25H30N2O4. The zero-order valence-electron chi connectivity index (χ0n) is 18.2. The summed E-state index contributed by atoms with van der Waals surface area (Å²) in [7, 11) is 1.89. The molecule has 4 rings (SSSR count). The molecule has 2 aliphatic rings. The Bertz CT molecular complexity index is 926. The van der Waals surface area contributed by atoms with Crippen LogP contribution in [0.1, 0.15) is 43.0 Å². The highest BCUT2D eigenvalue weighted by Crippen LogP contribution is 2.44. The molecule has 31 heavy (non-hydrogen) atoms. The van der Waals surface area contributed by atoms with Crippen LogP contribution in [0.3, 0.4) is 0 Å². The van der Waals surface area contributed by atoms with E-state index in [9.17, 15) is 9.59 Å². The summed E-state index contributed by atoms with van der Waals surface area (Å²) < 4.78 is 0. The van der Waals surface area contributed by atoms with Crippen molar-refractivity contribution in [2.75, 3.05) is 20.1 Å². The summed E-state index contributed by atoms with van der Waals surface area (Å²) >= 11 is 0. The van der Waals surface area contributed by atoms with Crippen LogP contribution in [0.2, 0.25) is 0 Å². The van der Waals surface area contributed by atoms with Gasteiger partial charge in [0.2, 0.25) is 5.91 Å². The topological polar surface area (TPSA) is 77.9 Å². The number of amides is 2. The van der Waals surface area contributed by atoms with Gasteiger partial charge in [-0.1, -0.05) is 42.5 Å². The summed E-state index contributed by atoms with van der Waals surface area (Å²) in [5, 5.41) is 6.89. The summed E-state index contributed by atoms with van der Waals surface area (Å²) in [4.78, 5) is 38.6. The fourth-order valence-corrected chi connectivity index (χ4v) is 5.01. The van der Waals surface area contributed by atoms with Gasteiger partial charge in [-0.15, -0.1) is 0 Å². The van der Waals surface area contributed by atoms with E-state index in [1.807, 2.05) is 59.3 Å². The number of carbonyl (C=O) groups is 3. The van der Waals surface area contributed by atoms with Crippen LogP contribution in [0.25, 0.3) is 11.1 Å². The van der Waals surface area contributed by atoms with Crippen LogP contribution in [0.5, 0.6) is 0 Å². The highest BCUT2D eigenvalue weighted by atomic mass is 16.3. The van der Waals surface area contributed by atoms with Crippen molar-refractivity contribution in [2.24, 2.45) is 5.41 Å². The second-order valence-corrected chi connectivity index (χ2v) is 8.32. The van der Waals surface area contributed by atoms with Crippen LogP contribution in [-0.4, -0.2) is 59.4 Å². The monoisotopic (exact) mass is 422 g/mol. The van der Waals surface area contributed by atoms with E-state index in [-0.39, 0.29) is 24.3 Å². The molecule has 2 fully saturated rings. The Hall–Kier alpha value is -3.15. The van der Waals surface area contributed by atoms with Crippen molar-refractivity contribution >= 4 is 18.3 Å². The van der Waals surface area contributed by atoms with Gasteiger partial charge in [-0.05, 0) is 55.9 Å². The SMILES string of the molecule is C[C@@H]1N(C(=O)c2cccc(-c3ccccc3)c2)CCC[C@@]12CCCN(C)C2=O.O=CO. The zero-order valence-corrected chi connectivity index (χ0v) is 18.2. The van der Waals surface area contributed by atoms with Gasteiger partial charge in [0.05, 0.1) is 5.41 Å². The number of hydrogen-bond acceptors (Lipinski definition) is 3. The predicted octanol–water partition coefficient (Wildman–Crippen LogP) is 3.92. The van der Waals surface area contributed by atoms with Crippen molar-refractivity contribution < 1.29 is 19.5 Å². The van der Waals surface area contributed by atoms with E-state index < -0.39 is 5.41 Å². The van der Waals surface area contributed by atoms with E-state index >= 15 is 0 Å². The number of piperidine rings is 2. The number of benzene rings is 2. The first-order valence-electron chi connectivity index (χ1n) is 10.7. The van der Waals surface area contributed by atoms with E-state index in [4.69, 9.17) is 9.90 Å². The molecule has 0 aromatic heterocycles. The van der Waals surface area contributed by atoms with Gasteiger partial charge in [-0.2, -0.15) is 0 Å². The number of likely N-dealkylation sites (tertiary alicyclic amines) is 2. The zero-order chi connectivity index (χ0) is 22.4. The molecule has 2 saturated heterocycles. The number of carbonyl (C=O) groups excluding carboxylic acids is 2. The Morgan fingerprint density at radius 2 is 1.65 bits per heavy atom. The van der Waals surface area contributed by atoms with Crippen molar-refractivity contribution in [3.8, 4) is 11.1 Å². The second kappa shape index (κ2) is 9.77. The molecule has 0 unspecified atom stereocenters. The highest BCUT2D eigenvalue weighted by Gasteiger charge is 2.51. The number of carboxylic acid groups (broad SMARTS) is 1. The molecular weight excluding hydrogens is 392 g/mol. The second-order valence-electron chi connectivity index (χ2n) is 8.32. The van der Waals surface area contributed by atoms with Crippen molar-refractivity contribution in [3.05, 3.63) is 60.2 Å². The minimum Gasteiger partial charge on any atom is -0.483 e. The maximum Gasteiger partial charge on any atom is 0.290 e. The third-order valence-corrected chi connectivity index (χ3v) is 6.66. The summed E-state index contributed by atoms with van der Waals surface area (Å²) in [5.41, 5.74) is 2.42. The van der Waals surface area contributed by atoms with Crippen LogP contribution in [-0.2, 0) is 9.59 Å². The fourth-order valence-electron chi connectivity index (χ4n) is 5.01. The van der Waals surface area contributed by atoms with Crippen LogP contribution < -0.4 is 0 Å². The number of hydrogen-bond donors (Lipinski definition) is 1. The van der Waals surface area contributed by atoms with Gasteiger partial charge < -0.3 is 14.9 Å². The van der Waals surface area contributed by atoms with Gasteiger partial charge in [0, 0.05) is 31.7 Å². The first-order chi connectivity index (χ1) is 14.9. The van der Waals surface area contributed by atoms with Gasteiger partial charge in [0.1, 0.15) is 0 Å². The number of rotatable bonds is 2. The van der Waals surface area contributed by atoms with Gasteiger partial charge in [0.15, 0.2) is 0 Å². The minimum atomic E-state index is -0.419. The summed E-state index contributed by atoms with van der Waals surface area (Å²) in [6, 6.07) is 17.9. The lowest BCUT2D eigenvalue weighted by molar-refractivity contribution is -0.152. The third kappa shape index (κ3) is 4.48. The smallest absolute Gasteiger partial charge is 0.290 e. The predicted molar refractivity (Wildman–Crippen MR) is 120 cm³/mol. The molecule has 2 atom stereocenters. The molecule has 0 saturated carbocycles. The molecule has 2 aliphatic heterocycles. The Balaban J connectivity index is 0.000000858. The summed E-state index contributed by atoms with van der Waals surface area (Å²) in [5.74, 6) is 0.243. The molecule has 0 aliphatic carbocycles. The van der Waals surface area contributed by atoms with Gasteiger partial charge in [-0.3, -0.25) is 14.4 Å². The minimum absolute atomic E-state index is 0.0328. The van der Waals surface area contributed by atoms with Crippen molar-refractivity contribution in [3.63, 3.8) is 0 Å². The quantitative estimate of drug-likeness (QED) is 0.744. The normalized spacial score (nSPS) is 23.2. The summed E-state index contributed by atoms with van der Waals surface area (Å²) in [6.45, 7) is 3.35. The number of nitrogens with zero attached hydrogens (tertiary/aromatic N) is 2. The molecule has 6 nitrogen and oxygen atoms in total. The van der Waals surface area contributed by atoms with Gasteiger partial charge in [-0.25, -0.2) is 0 Å². The molecule has 2 aromatic carbocycles. The van der Waals surface area contributed by atoms with E-state index in [0.717, 1.165) is 43.4 Å². The Morgan fingerprint density at radius 3 is 2.32 bits per heavy atom.